The largest absolute Gasteiger partial charge is 0.314 e. The van der Waals surface area contributed by atoms with Crippen LogP contribution < -0.4 is 5.32 Å². The lowest BCUT2D eigenvalue weighted by Gasteiger charge is -2.02. The van der Waals surface area contributed by atoms with E-state index in [1.807, 2.05) is 14.0 Å². The van der Waals surface area contributed by atoms with Crippen LogP contribution >= 0.6 is 15.9 Å². The van der Waals surface area contributed by atoms with E-state index in [1.165, 1.54) is 6.07 Å². The molecule has 1 aromatic carbocycles. The van der Waals surface area contributed by atoms with Crippen molar-refractivity contribution < 1.29 is 4.39 Å². The molecule has 0 unspecified atom stereocenters. The third-order valence-corrected chi connectivity index (χ3v) is 3.14. The summed E-state index contributed by atoms with van der Waals surface area (Å²) in [5.41, 5.74) is 3.11. The maximum absolute atomic E-state index is 13.7. The molecule has 1 aromatic heterocycles. The summed E-state index contributed by atoms with van der Waals surface area (Å²) in [6.07, 6.45) is 0. The van der Waals surface area contributed by atoms with Gasteiger partial charge in [0.1, 0.15) is 5.82 Å². The Kier molecular flexibility index (Phi) is 3.59. The van der Waals surface area contributed by atoms with Crippen LogP contribution in [0.4, 0.5) is 4.39 Å². The number of hydrogen-bond donors (Lipinski definition) is 2. The maximum Gasteiger partial charge on any atom is 0.132 e. The number of nitrogens with one attached hydrogen (secondary N) is 2. The van der Waals surface area contributed by atoms with Gasteiger partial charge in [-0.1, -0.05) is 15.9 Å². The molecule has 2 rings (SSSR count). The van der Waals surface area contributed by atoms with Gasteiger partial charge in [0.15, 0.2) is 0 Å². The first kappa shape index (κ1) is 12.3. The van der Waals surface area contributed by atoms with Gasteiger partial charge in [-0.2, -0.15) is 5.10 Å². The zero-order valence-electron chi connectivity index (χ0n) is 9.64. The van der Waals surface area contributed by atoms with Gasteiger partial charge in [0.2, 0.25) is 0 Å². The molecule has 0 aliphatic carbocycles. The number of nitrogens with zero attached hydrogens (tertiary/aromatic N) is 1. The SMILES string of the molecule is CNCc1[nH]nc(-c2cc(Br)ccc2F)c1C. The third-order valence-electron chi connectivity index (χ3n) is 2.65. The quantitative estimate of drug-likeness (QED) is 0.914. The molecule has 0 amide bonds. The van der Waals surface area contributed by atoms with Crippen LogP contribution in [-0.4, -0.2) is 17.2 Å². The highest BCUT2D eigenvalue weighted by molar-refractivity contribution is 9.10. The lowest BCUT2D eigenvalue weighted by atomic mass is 10.1. The summed E-state index contributed by atoms with van der Waals surface area (Å²) in [4.78, 5) is 0. The van der Waals surface area contributed by atoms with Gasteiger partial charge < -0.3 is 5.32 Å². The van der Waals surface area contributed by atoms with Crippen molar-refractivity contribution in [2.75, 3.05) is 7.05 Å². The minimum absolute atomic E-state index is 0.265. The fourth-order valence-corrected chi connectivity index (χ4v) is 2.09. The van der Waals surface area contributed by atoms with Crippen LogP contribution in [0.25, 0.3) is 11.3 Å². The molecule has 3 nitrogen and oxygen atoms in total. The monoisotopic (exact) mass is 297 g/mol. The van der Waals surface area contributed by atoms with Crippen molar-refractivity contribution in [3.63, 3.8) is 0 Å². The highest BCUT2D eigenvalue weighted by atomic mass is 79.9. The molecule has 17 heavy (non-hydrogen) atoms. The average Bonchev–Trinajstić information content (AvgIpc) is 2.65. The first-order chi connectivity index (χ1) is 8.13. The van der Waals surface area contributed by atoms with Crippen molar-refractivity contribution in [3.8, 4) is 11.3 Å². The van der Waals surface area contributed by atoms with E-state index in [1.54, 1.807) is 12.1 Å². The molecule has 2 N–H and O–H groups in total. The number of halogens is 2. The molecule has 0 saturated heterocycles. The lowest BCUT2D eigenvalue weighted by molar-refractivity contribution is 0.630. The number of hydrogen-bond acceptors (Lipinski definition) is 2. The Morgan fingerprint density at radius 1 is 1.47 bits per heavy atom. The predicted molar refractivity (Wildman–Crippen MR) is 69.2 cm³/mol. The van der Waals surface area contributed by atoms with Gasteiger partial charge in [-0.15, -0.1) is 0 Å². The molecule has 0 bridgehead atoms. The van der Waals surface area contributed by atoms with Crippen molar-refractivity contribution >= 4 is 15.9 Å². The Morgan fingerprint density at radius 2 is 2.24 bits per heavy atom. The number of aromatic amines is 1. The average molecular weight is 298 g/mol. The zero-order valence-corrected chi connectivity index (χ0v) is 11.2. The molecule has 0 atom stereocenters. The first-order valence-corrected chi connectivity index (χ1v) is 6.06. The predicted octanol–water partition coefficient (Wildman–Crippen LogP) is 3.01. The molecule has 1 heterocycles. The van der Waals surface area contributed by atoms with Crippen LogP contribution in [0.15, 0.2) is 22.7 Å². The maximum atomic E-state index is 13.7. The van der Waals surface area contributed by atoms with Gasteiger partial charge in [-0.05, 0) is 37.7 Å². The molecular formula is C12H13BrFN3. The minimum Gasteiger partial charge on any atom is -0.314 e. The summed E-state index contributed by atoms with van der Waals surface area (Å²) in [5.74, 6) is -0.265. The van der Waals surface area contributed by atoms with Crippen LogP contribution in [-0.2, 0) is 6.54 Å². The second-order valence-electron chi connectivity index (χ2n) is 3.83. The summed E-state index contributed by atoms with van der Waals surface area (Å²) in [7, 11) is 1.86. The first-order valence-electron chi connectivity index (χ1n) is 5.27. The number of aromatic nitrogens is 2. The Balaban J connectivity index is 2.49. The van der Waals surface area contributed by atoms with Gasteiger partial charge >= 0.3 is 0 Å². The molecule has 0 fully saturated rings. The summed E-state index contributed by atoms with van der Waals surface area (Å²) >= 11 is 3.34. The lowest BCUT2D eigenvalue weighted by Crippen LogP contribution is -2.06. The van der Waals surface area contributed by atoms with Crippen molar-refractivity contribution in [1.82, 2.24) is 15.5 Å². The molecule has 0 spiro atoms. The zero-order chi connectivity index (χ0) is 12.4. The second kappa shape index (κ2) is 4.98. The van der Waals surface area contributed by atoms with E-state index in [0.29, 0.717) is 17.8 Å². The number of rotatable bonds is 3. The molecule has 2 aromatic rings. The summed E-state index contributed by atoms with van der Waals surface area (Å²) < 4.78 is 14.6. The van der Waals surface area contributed by atoms with Crippen molar-refractivity contribution in [3.05, 3.63) is 39.7 Å². The Morgan fingerprint density at radius 3 is 2.94 bits per heavy atom. The van der Waals surface area contributed by atoms with E-state index in [-0.39, 0.29) is 5.82 Å². The fourth-order valence-electron chi connectivity index (χ4n) is 1.72. The van der Waals surface area contributed by atoms with Crippen LogP contribution in [0.5, 0.6) is 0 Å². The molecule has 90 valence electrons. The van der Waals surface area contributed by atoms with Gasteiger partial charge in [0, 0.05) is 16.6 Å². The Bertz CT molecular complexity index is 537. The highest BCUT2D eigenvalue weighted by Gasteiger charge is 2.14. The van der Waals surface area contributed by atoms with Gasteiger partial charge in [0.25, 0.3) is 0 Å². The smallest absolute Gasteiger partial charge is 0.132 e. The van der Waals surface area contributed by atoms with Gasteiger partial charge in [0.05, 0.1) is 11.4 Å². The van der Waals surface area contributed by atoms with Crippen molar-refractivity contribution in [2.24, 2.45) is 0 Å². The third kappa shape index (κ3) is 2.40. The van der Waals surface area contributed by atoms with Crippen LogP contribution in [0.2, 0.25) is 0 Å². The minimum atomic E-state index is -0.265. The Hall–Kier alpha value is -1.20. The molecule has 0 aliphatic heterocycles. The molecular weight excluding hydrogens is 285 g/mol. The summed E-state index contributed by atoms with van der Waals surface area (Å²) in [6, 6.07) is 4.85. The van der Waals surface area contributed by atoms with Crippen molar-refractivity contribution in [2.45, 2.75) is 13.5 Å². The van der Waals surface area contributed by atoms with E-state index < -0.39 is 0 Å². The van der Waals surface area contributed by atoms with Gasteiger partial charge in [-0.3, -0.25) is 5.10 Å². The Labute approximate surface area is 108 Å². The second-order valence-corrected chi connectivity index (χ2v) is 4.75. The van der Waals surface area contributed by atoms with Gasteiger partial charge in [-0.25, -0.2) is 4.39 Å². The van der Waals surface area contributed by atoms with Crippen LogP contribution in [0, 0.1) is 12.7 Å². The number of H-pyrrole nitrogens is 1. The van der Waals surface area contributed by atoms with E-state index in [9.17, 15) is 4.39 Å². The molecule has 0 radical (unpaired) electrons. The fraction of sp³-hybridized carbons (Fsp3) is 0.250. The highest BCUT2D eigenvalue weighted by Crippen LogP contribution is 2.28. The molecule has 0 aliphatic rings. The van der Waals surface area contributed by atoms with Crippen molar-refractivity contribution in [1.29, 1.82) is 0 Å². The topological polar surface area (TPSA) is 40.7 Å². The summed E-state index contributed by atoms with van der Waals surface area (Å²) in [6.45, 7) is 2.63. The normalized spacial score (nSPS) is 10.8. The molecule has 5 heteroatoms. The van der Waals surface area contributed by atoms with E-state index >= 15 is 0 Å². The van der Waals surface area contributed by atoms with Crippen LogP contribution in [0.1, 0.15) is 11.3 Å². The number of benzene rings is 1. The van der Waals surface area contributed by atoms with E-state index in [0.717, 1.165) is 15.7 Å². The van der Waals surface area contributed by atoms with E-state index in [4.69, 9.17) is 0 Å². The van der Waals surface area contributed by atoms with Crippen LogP contribution in [0.3, 0.4) is 0 Å². The summed E-state index contributed by atoms with van der Waals surface area (Å²) in [5, 5.41) is 10.1. The molecule has 0 saturated carbocycles. The standard InChI is InChI=1S/C12H13BrFN3/c1-7-11(6-15-2)16-17-12(7)9-5-8(13)3-4-10(9)14/h3-5,15H,6H2,1-2H3,(H,16,17). The van der Waals surface area contributed by atoms with E-state index in [2.05, 4.69) is 31.4 Å².